The van der Waals surface area contributed by atoms with Crippen LogP contribution >= 0.6 is 15.9 Å². The molecule has 0 aliphatic carbocycles. The first-order valence-electron chi connectivity index (χ1n) is 7.20. The Balaban J connectivity index is 1.70. The average Bonchev–Trinajstić information content (AvgIpc) is 2.89. The first-order valence-corrected chi connectivity index (χ1v) is 8.00. The summed E-state index contributed by atoms with van der Waals surface area (Å²) in [5.74, 6) is -0.0708. The molecule has 1 N–H and O–H groups in total. The van der Waals surface area contributed by atoms with Crippen LogP contribution in [0.2, 0.25) is 0 Å². The van der Waals surface area contributed by atoms with Crippen molar-refractivity contribution in [2.24, 2.45) is 5.92 Å². The van der Waals surface area contributed by atoms with E-state index in [0.29, 0.717) is 13.0 Å². The maximum absolute atomic E-state index is 12.5. The van der Waals surface area contributed by atoms with E-state index in [4.69, 9.17) is 0 Å². The quantitative estimate of drug-likeness (QED) is 0.871. The first-order chi connectivity index (χ1) is 10.1. The molecule has 2 fully saturated rings. The smallest absolute Gasteiger partial charge is 0.228 e. The molecule has 112 valence electrons. The Kier molecular flexibility index (Phi) is 4.26. The summed E-state index contributed by atoms with van der Waals surface area (Å²) < 4.78 is 0.935. The Labute approximate surface area is 132 Å². The van der Waals surface area contributed by atoms with Gasteiger partial charge in [-0.2, -0.15) is 0 Å². The van der Waals surface area contributed by atoms with Gasteiger partial charge in [0, 0.05) is 49.3 Å². The maximum atomic E-state index is 12.5. The van der Waals surface area contributed by atoms with E-state index in [1.807, 2.05) is 29.2 Å². The molecule has 1 aromatic carbocycles. The molecule has 0 radical (unpaired) electrons. The van der Waals surface area contributed by atoms with Crippen LogP contribution in [0.5, 0.6) is 0 Å². The fourth-order valence-corrected chi connectivity index (χ4v) is 3.30. The van der Waals surface area contributed by atoms with Crippen LogP contribution in [0.15, 0.2) is 28.7 Å². The number of nitrogens with zero attached hydrogens (tertiary/aromatic N) is 2. The van der Waals surface area contributed by atoms with Gasteiger partial charge in [0.2, 0.25) is 11.8 Å². The molecule has 2 saturated heterocycles. The van der Waals surface area contributed by atoms with Crippen molar-refractivity contribution >= 4 is 33.4 Å². The molecular weight excluding hydrogens is 334 g/mol. The molecule has 0 spiro atoms. The maximum Gasteiger partial charge on any atom is 0.228 e. The highest BCUT2D eigenvalue weighted by Gasteiger charge is 2.37. The zero-order valence-corrected chi connectivity index (χ0v) is 13.3. The van der Waals surface area contributed by atoms with Crippen molar-refractivity contribution in [3.05, 3.63) is 28.7 Å². The number of anilines is 1. The Morgan fingerprint density at radius 2 is 2.05 bits per heavy atom. The monoisotopic (exact) mass is 351 g/mol. The van der Waals surface area contributed by atoms with Gasteiger partial charge in [0.1, 0.15) is 0 Å². The summed E-state index contributed by atoms with van der Waals surface area (Å²) in [6, 6.07) is 7.64. The molecule has 2 heterocycles. The SMILES string of the molecule is O=C(C1CC(=O)N(c2cccc(Br)c2)C1)N1CCNCC1. The first kappa shape index (κ1) is 14.5. The van der Waals surface area contributed by atoms with Gasteiger partial charge in [-0.25, -0.2) is 0 Å². The van der Waals surface area contributed by atoms with Gasteiger partial charge in [-0.15, -0.1) is 0 Å². The molecule has 2 aliphatic heterocycles. The second kappa shape index (κ2) is 6.15. The van der Waals surface area contributed by atoms with Crippen LogP contribution in [0.25, 0.3) is 0 Å². The highest BCUT2D eigenvalue weighted by molar-refractivity contribution is 9.10. The summed E-state index contributed by atoms with van der Waals surface area (Å²) in [4.78, 5) is 28.3. The topological polar surface area (TPSA) is 52.7 Å². The number of carbonyl (C=O) groups excluding carboxylic acids is 2. The molecule has 0 saturated carbocycles. The molecule has 5 nitrogen and oxygen atoms in total. The number of amides is 2. The van der Waals surface area contributed by atoms with Gasteiger partial charge in [0.25, 0.3) is 0 Å². The number of rotatable bonds is 2. The summed E-state index contributed by atoms with van der Waals surface area (Å²) >= 11 is 3.42. The largest absolute Gasteiger partial charge is 0.340 e. The van der Waals surface area contributed by atoms with Crippen molar-refractivity contribution < 1.29 is 9.59 Å². The molecule has 1 atom stereocenters. The minimum absolute atomic E-state index is 0.0292. The lowest BCUT2D eigenvalue weighted by Crippen LogP contribution is -2.48. The van der Waals surface area contributed by atoms with Gasteiger partial charge in [-0.3, -0.25) is 9.59 Å². The van der Waals surface area contributed by atoms with Crippen LogP contribution in [0.3, 0.4) is 0 Å². The number of carbonyl (C=O) groups is 2. The molecular formula is C15H18BrN3O2. The molecule has 3 rings (SSSR count). The van der Waals surface area contributed by atoms with Crippen molar-refractivity contribution in [3.63, 3.8) is 0 Å². The van der Waals surface area contributed by atoms with Gasteiger partial charge < -0.3 is 15.1 Å². The third-order valence-corrected chi connectivity index (χ3v) is 4.52. The van der Waals surface area contributed by atoms with E-state index in [0.717, 1.165) is 36.3 Å². The van der Waals surface area contributed by atoms with E-state index < -0.39 is 0 Å². The highest BCUT2D eigenvalue weighted by atomic mass is 79.9. The summed E-state index contributed by atoms with van der Waals surface area (Å²) in [5, 5.41) is 3.23. The molecule has 0 aromatic heterocycles. The third-order valence-electron chi connectivity index (χ3n) is 4.02. The Hall–Kier alpha value is -1.40. The molecule has 1 unspecified atom stereocenters. The van der Waals surface area contributed by atoms with Crippen LogP contribution in [-0.2, 0) is 9.59 Å². The van der Waals surface area contributed by atoms with E-state index in [1.165, 1.54) is 0 Å². The summed E-state index contributed by atoms with van der Waals surface area (Å²) in [7, 11) is 0. The molecule has 6 heteroatoms. The Morgan fingerprint density at radius 1 is 1.29 bits per heavy atom. The summed E-state index contributed by atoms with van der Waals surface area (Å²) in [5.41, 5.74) is 0.852. The predicted octanol–water partition coefficient (Wildman–Crippen LogP) is 1.23. The number of nitrogens with one attached hydrogen (secondary N) is 1. The fourth-order valence-electron chi connectivity index (χ4n) is 2.91. The van der Waals surface area contributed by atoms with Crippen molar-refractivity contribution in [2.75, 3.05) is 37.6 Å². The van der Waals surface area contributed by atoms with Crippen LogP contribution in [-0.4, -0.2) is 49.4 Å². The molecule has 2 aliphatic rings. The van der Waals surface area contributed by atoms with Gasteiger partial charge in [-0.05, 0) is 18.2 Å². The molecule has 21 heavy (non-hydrogen) atoms. The van der Waals surface area contributed by atoms with Crippen LogP contribution < -0.4 is 10.2 Å². The zero-order valence-electron chi connectivity index (χ0n) is 11.7. The Bertz CT molecular complexity index is 558. The summed E-state index contributed by atoms with van der Waals surface area (Å²) in [6.45, 7) is 3.63. The Morgan fingerprint density at radius 3 is 2.76 bits per heavy atom. The number of halogens is 1. The van der Waals surface area contributed by atoms with E-state index in [-0.39, 0.29) is 17.7 Å². The average molecular weight is 352 g/mol. The van der Waals surface area contributed by atoms with Crippen LogP contribution in [0.1, 0.15) is 6.42 Å². The molecule has 2 amide bonds. The zero-order chi connectivity index (χ0) is 14.8. The lowest BCUT2D eigenvalue weighted by molar-refractivity contribution is -0.136. The highest BCUT2D eigenvalue weighted by Crippen LogP contribution is 2.28. The van der Waals surface area contributed by atoms with E-state index in [1.54, 1.807) is 4.90 Å². The van der Waals surface area contributed by atoms with E-state index >= 15 is 0 Å². The van der Waals surface area contributed by atoms with Gasteiger partial charge in [0.15, 0.2) is 0 Å². The normalized spacial score (nSPS) is 22.7. The summed E-state index contributed by atoms with van der Waals surface area (Å²) in [6.07, 6.45) is 0.315. The second-order valence-electron chi connectivity index (χ2n) is 5.46. The van der Waals surface area contributed by atoms with E-state index in [9.17, 15) is 9.59 Å². The van der Waals surface area contributed by atoms with Crippen molar-refractivity contribution in [2.45, 2.75) is 6.42 Å². The molecule has 0 bridgehead atoms. The number of piperazine rings is 1. The minimum atomic E-state index is -0.213. The predicted molar refractivity (Wildman–Crippen MR) is 84.1 cm³/mol. The number of hydrogen-bond donors (Lipinski definition) is 1. The molecule has 1 aromatic rings. The van der Waals surface area contributed by atoms with Crippen molar-refractivity contribution in [1.82, 2.24) is 10.2 Å². The minimum Gasteiger partial charge on any atom is -0.340 e. The van der Waals surface area contributed by atoms with Gasteiger partial charge in [0.05, 0.1) is 5.92 Å². The standard InChI is InChI=1S/C15H18BrN3O2/c16-12-2-1-3-13(9-12)19-10-11(8-14(19)20)15(21)18-6-4-17-5-7-18/h1-3,9,11,17H,4-8,10H2. The lowest BCUT2D eigenvalue weighted by atomic mass is 10.1. The number of hydrogen-bond acceptors (Lipinski definition) is 3. The van der Waals surface area contributed by atoms with E-state index in [2.05, 4.69) is 21.2 Å². The van der Waals surface area contributed by atoms with Crippen molar-refractivity contribution in [1.29, 1.82) is 0 Å². The van der Waals surface area contributed by atoms with Gasteiger partial charge >= 0.3 is 0 Å². The second-order valence-corrected chi connectivity index (χ2v) is 6.38. The third kappa shape index (κ3) is 3.11. The number of benzene rings is 1. The van der Waals surface area contributed by atoms with Gasteiger partial charge in [-0.1, -0.05) is 22.0 Å². The van der Waals surface area contributed by atoms with Crippen molar-refractivity contribution in [3.8, 4) is 0 Å². The van der Waals surface area contributed by atoms with Crippen LogP contribution in [0, 0.1) is 5.92 Å². The van der Waals surface area contributed by atoms with Crippen LogP contribution in [0.4, 0.5) is 5.69 Å². The fraction of sp³-hybridized carbons (Fsp3) is 0.467. The lowest BCUT2D eigenvalue weighted by Gasteiger charge is -2.29.